The lowest BCUT2D eigenvalue weighted by Gasteiger charge is -2.25. The first-order chi connectivity index (χ1) is 10.3. The first kappa shape index (κ1) is 12.5. The van der Waals surface area contributed by atoms with E-state index in [-0.39, 0.29) is 0 Å². The van der Waals surface area contributed by atoms with Crippen LogP contribution in [0.2, 0.25) is 0 Å². The molecule has 0 N–H and O–H groups in total. The Morgan fingerprint density at radius 2 is 1.67 bits per heavy atom. The molecule has 1 unspecified atom stereocenters. The molecule has 1 heteroatoms. The third-order valence-electron chi connectivity index (χ3n) is 4.57. The van der Waals surface area contributed by atoms with Crippen LogP contribution in [0.1, 0.15) is 18.1 Å². The molecular weight excluding hydrogens is 254 g/mol. The van der Waals surface area contributed by atoms with Crippen molar-refractivity contribution in [2.75, 3.05) is 4.90 Å². The summed E-state index contributed by atoms with van der Waals surface area (Å²) in [6.45, 7) is 3.31. The second kappa shape index (κ2) is 4.92. The van der Waals surface area contributed by atoms with Gasteiger partial charge in [-0.3, -0.25) is 0 Å². The molecule has 1 nitrogen and oxygen atoms in total. The van der Waals surface area contributed by atoms with Gasteiger partial charge in [-0.2, -0.15) is 0 Å². The summed E-state index contributed by atoms with van der Waals surface area (Å²) < 4.78 is 0. The van der Waals surface area contributed by atoms with Crippen LogP contribution in [0.3, 0.4) is 0 Å². The first-order valence-electron chi connectivity index (χ1n) is 7.64. The maximum absolute atomic E-state index is 2.54. The van der Waals surface area contributed by atoms with E-state index in [1.165, 1.54) is 27.6 Å². The Morgan fingerprint density at radius 3 is 2.62 bits per heavy atom. The molecule has 1 aliphatic rings. The van der Waals surface area contributed by atoms with Crippen LogP contribution in [-0.2, 0) is 13.0 Å². The highest BCUT2D eigenvalue weighted by Gasteiger charge is 2.25. The molecule has 0 spiro atoms. The van der Waals surface area contributed by atoms with E-state index in [0.29, 0.717) is 6.04 Å². The van der Waals surface area contributed by atoms with E-state index >= 15 is 0 Å². The van der Waals surface area contributed by atoms with E-state index in [1.54, 1.807) is 0 Å². The number of fused-ring (bicyclic) bond motifs is 2. The highest BCUT2D eigenvalue weighted by atomic mass is 15.2. The van der Waals surface area contributed by atoms with E-state index in [9.17, 15) is 0 Å². The van der Waals surface area contributed by atoms with Gasteiger partial charge in [0.15, 0.2) is 0 Å². The Balaban J connectivity index is 1.75. The predicted molar refractivity (Wildman–Crippen MR) is 89.7 cm³/mol. The van der Waals surface area contributed by atoms with E-state index in [2.05, 4.69) is 78.6 Å². The van der Waals surface area contributed by atoms with Gasteiger partial charge in [-0.1, -0.05) is 60.7 Å². The molecule has 1 atom stereocenters. The van der Waals surface area contributed by atoms with Gasteiger partial charge in [0.05, 0.1) is 0 Å². The average molecular weight is 273 g/mol. The van der Waals surface area contributed by atoms with Gasteiger partial charge in [-0.05, 0) is 41.3 Å². The zero-order chi connectivity index (χ0) is 14.2. The van der Waals surface area contributed by atoms with Crippen LogP contribution in [0.5, 0.6) is 0 Å². The predicted octanol–water partition coefficient (Wildman–Crippen LogP) is 4.79. The summed E-state index contributed by atoms with van der Waals surface area (Å²) >= 11 is 0. The summed E-state index contributed by atoms with van der Waals surface area (Å²) in [5.41, 5.74) is 4.29. The molecule has 21 heavy (non-hydrogen) atoms. The number of nitrogens with zero attached hydrogens (tertiary/aromatic N) is 1. The van der Waals surface area contributed by atoms with Gasteiger partial charge in [0, 0.05) is 18.3 Å². The molecule has 0 saturated heterocycles. The second-order valence-electron chi connectivity index (χ2n) is 5.95. The van der Waals surface area contributed by atoms with Gasteiger partial charge in [0.1, 0.15) is 0 Å². The minimum absolute atomic E-state index is 0.571. The Bertz CT molecular complexity index is 785. The summed E-state index contributed by atoms with van der Waals surface area (Å²) in [5.74, 6) is 0. The van der Waals surface area contributed by atoms with Crippen molar-refractivity contribution in [1.82, 2.24) is 0 Å². The summed E-state index contributed by atoms with van der Waals surface area (Å²) in [4.78, 5) is 2.54. The van der Waals surface area contributed by atoms with Crippen LogP contribution in [0.25, 0.3) is 10.8 Å². The normalized spacial score (nSPS) is 17.2. The van der Waals surface area contributed by atoms with Crippen molar-refractivity contribution < 1.29 is 0 Å². The summed E-state index contributed by atoms with van der Waals surface area (Å²) in [5, 5.41) is 2.70. The second-order valence-corrected chi connectivity index (χ2v) is 5.95. The number of benzene rings is 3. The molecule has 0 amide bonds. The molecule has 0 radical (unpaired) electrons. The minimum Gasteiger partial charge on any atom is -0.364 e. The highest BCUT2D eigenvalue weighted by molar-refractivity contribution is 5.86. The lowest BCUT2D eigenvalue weighted by atomic mass is 10.0. The van der Waals surface area contributed by atoms with Crippen LogP contribution < -0.4 is 4.90 Å². The molecule has 3 aromatic carbocycles. The largest absolute Gasteiger partial charge is 0.364 e. The third-order valence-corrected chi connectivity index (χ3v) is 4.57. The number of hydrogen-bond donors (Lipinski definition) is 0. The molecule has 0 bridgehead atoms. The Labute approximate surface area is 125 Å². The molecule has 0 fully saturated rings. The summed E-state index contributed by atoms with van der Waals surface area (Å²) in [6.07, 6.45) is 1.15. The van der Waals surface area contributed by atoms with E-state index in [1.807, 2.05) is 0 Å². The van der Waals surface area contributed by atoms with E-state index < -0.39 is 0 Å². The third kappa shape index (κ3) is 2.09. The molecule has 0 aromatic heterocycles. The fourth-order valence-corrected chi connectivity index (χ4v) is 3.48. The molecule has 104 valence electrons. The van der Waals surface area contributed by atoms with Crippen molar-refractivity contribution in [3.05, 3.63) is 77.9 Å². The van der Waals surface area contributed by atoms with Crippen molar-refractivity contribution in [3.8, 4) is 0 Å². The summed E-state index contributed by atoms with van der Waals surface area (Å²) in [7, 11) is 0. The van der Waals surface area contributed by atoms with Crippen LogP contribution in [-0.4, -0.2) is 6.04 Å². The SMILES string of the molecule is CC1Cc2ccccc2N1Cc1cccc2ccccc12. The van der Waals surface area contributed by atoms with Crippen LogP contribution >= 0.6 is 0 Å². The quantitative estimate of drug-likeness (QED) is 0.649. The first-order valence-corrected chi connectivity index (χ1v) is 7.64. The maximum Gasteiger partial charge on any atom is 0.0438 e. The fourth-order valence-electron chi connectivity index (χ4n) is 3.48. The van der Waals surface area contributed by atoms with Crippen molar-refractivity contribution in [2.24, 2.45) is 0 Å². The molecule has 3 aromatic rings. The standard InChI is InChI=1S/C20H19N/c1-15-13-17-8-3-5-12-20(17)21(15)14-18-10-6-9-16-7-2-4-11-19(16)18/h2-12,15H,13-14H2,1H3. The Morgan fingerprint density at radius 1 is 0.905 bits per heavy atom. The topological polar surface area (TPSA) is 3.24 Å². The number of rotatable bonds is 2. The molecule has 0 aliphatic carbocycles. The fraction of sp³-hybridized carbons (Fsp3) is 0.200. The van der Waals surface area contributed by atoms with Crippen LogP contribution in [0, 0.1) is 0 Å². The van der Waals surface area contributed by atoms with Gasteiger partial charge < -0.3 is 4.90 Å². The summed E-state index contributed by atoms with van der Waals surface area (Å²) in [6, 6.07) is 24.7. The average Bonchev–Trinajstić information content (AvgIpc) is 2.84. The molecule has 1 heterocycles. The number of para-hydroxylation sites is 1. The lowest BCUT2D eigenvalue weighted by Crippen LogP contribution is -2.28. The minimum atomic E-state index is 0.571. The van der Waals surface area contributed by atoms with E-state index in [4.69, 9.17) is 0 Å². The Kier molecular flexibility index (Phi) is 2.92. The molecule has 0 saturated carbocycles. The number of anilines is 1. The van der Waals surface area contributed by atoms with Crippen molar-refractivity contribution in [3.63, 3.8) is 0 Å². The van der Waals surface area contributed by atoms with Gasteiger partial charge in [0.2, 0.25) is 0 Å². The highest BCUT2D eigenvalue weighted by Crippen LogP contribution is 2.34. The van der Waals surface area contributed by atoms with Gasteiger partial charge in [0.25, 0.3) is 0 Å². The van der Waals surface area contributed by atoms with Gasteiger partial charge >= 0.3 is 0 Å². The van der Waals surface area contributed by atoms with Crippen molar-refractivity contribution in [1.29, 1.82) is 0 Å². The van der Waals surface area contributed by atoms with Crippen molar-refractivity contribution in [2.45, 2.75) is 25.9 Å². The maximum atomic E-state index is 2.54. The smallest absolute Gasteiger partial charge is 0.0438 e. The molecular formula is C20H19N. The monoisotopic (exact) mass is 273 g/mol. The number of hydrogen-bond acceptors (Lipinski definition) is 1. The van der Waals surface area contributed by atoms with Crippen LogP contribution in [0.15, 0.2) is 66.7 Å². The molecule has 1 aliphatic heterocycles. The lowest BCUT2D eigenvalue weighted by molar-refractivity contribution is 0.674. The zero-order valence-corrected chi connectivity index (χ0v) is 12.3. The van der Waals surface area contributed by atoms with E-state index in [0.717, 1.165) is 13.0 Å². The van der Waals surface area contributed by atoms with Gasteiger partial charge in [-0.25, -0.2) is 0 Å². The van der Waals surface area contributed by atoms with Crippen LogP contribution in [0.4, 0.5) is 5.69 Å². The van der Waals surface area contributed by atoms with Crippen molar-refractivity contribution >= 4 is 16.5 Å². The van der Waals surface area contributed by atoms with Gasteiger partial charge in [-0.15, -0.1) is 0 Å². The zero-order valence-electron chi connectivity index (χ0n) is 12.3. The molecule has 4 rings (SSSR count). The Hall–Kier alpha value is -2.28.